The van der Waals surface area contributed by atoms with Gasteiger partial charge < -0.3 is 4.74 Å². The maximum Gasteiger partial charge on any atom is 0.344 e. The first kappa shape index (κ1) is 21.0. The van der Waals surface area contributed by atoms with Gasteiger partial charge >= 0.3 is 5.97 Å². The van der Waals surface area contributed by atoms with Gasteiger partial charge in [0.05, 0.1) is 16.7 Å². The number of benzene rings is 3. The molecule has 0 spiro atoms. The summed E-state index contributed by atoms with van der Waals surface area (Å²) in [6.45, 7) is 1.88. The molecule has 29 heavy (non-hydrogen) atoms. The number of carbonyl (C=O) groups excluding carboxylic acids is 1. The number of hydrazone groups is 1. The fourth-order valence-electron chi connectivity index (χ4n) is 2.35. The third-order valence-corrected chi connectivity index (χ3v) is 6.08. The average Bonchev–Trinajstić information content (AvgIpc) is 2.70. The largest absolute Gasteiger partial charge is 0.423 e. The van der Waals surface area contributed by atoms with E-state index in [4.69, 9.17) is 4.74 Å². The van der Waals surface area contributed by atoms with Crippen molar-refractivity contribution >= 4 is 44.8 Å². The first-order chi connectivity index (χ1) is 13.8. The highest BCUT2D eigenvalue weighted by Gasteiger charge is 2.12. The minimum Gasteiger partial charge on any atom is -0.423 e. The predicted octanol–water partition coefficient (Wildman–Crippen LogP) is 4.13. The van der Waals surface area contributed by atoms with Crippen molar-refractivity contribution in [3.8, 4) is 5.75 Å². The molecule has 0 aliphatic rings. The van der Waals surface area contributed by atoms with E-state index in [1.807, 2.05) is 19.1 Å². The van der Waals surface area contributed by atoms with E-state index in [1.54, 1.807) is 48.5 Å². The van der Waals surface area contributed by atoms with E-state index in [-0.39, 0.29) is 4.90 Å². The first-order valence-electron chi connectivity index (χ1n) is 8.53. The van der Waals surface area contributed by atoms with Crippen LogP contribution in [-0.4, -0.2) is 20.6 Å². The minimum atomic E-state index is -3.72. The molecule has 0 unspecified atom stereocenters. The van der Waals surface area contributed by atoms with Gasteiger partial charge in [-0.2, -0.15) is 13.5 Å². The van der Waals surface area contributed by atoms with Crippen LogP contribution in [0.5, 0.6) is 5.75 Å². The summed E-state index contributed by atoms with van der Waals surface area (Å²) in [5.41, 5.74) is 2.10. The first-order valence-corrected chi connectivity index (χ1v) is 11.1. The normalized spacial score (nSPS) is 11.4. The van der Waals surface area contributed by atoms with Gasteiger partial charge in [0.15, 0.2) is 0 Å². The molecular formula is C21H17IN2O4S. The maximum atomic E-state index is 12.2. The van der Waals surface area contributed by atoms with Gasteiger partial charge in [0.1, 0.15) is 5.75 Å². The molecule has 0 saturated heterocycles. The summed E-state index contributed by atoms with van der Waals surface area (Å²) in [6.07, 6.45) is 1.37. The third-order valence-electron chi connectivity index (χ3n) is 3.90. The van der Waals surface area contributed by atoms with E-state index in [1.165, 1.54) is 18.3 Å². The molecule has 3 aromatic rings. The van der Waals surface area contributed by atoms with E-state index in [0.29, 0.717) is 16.9 Å². The minimum absolute atomic E-state index is 0.137. The Hall–Kier alpha value is -2.72. The SMILES string of the molecule is Cc1ccc(S(=O)(=O)NN=Cc2ccc(OC(=O)c3ccccc3I)cc2)cc1. The van der Waals surface area contributed by atoms with E-state index in [0.717, 1.165) is 9.13 Å². The molecule has 6 nitrogen and oxygen atoms in total. The van der Waals surface area contributed by atoms with Crippen LogP contribution in [0.25, 0.3) is 0 Å². The van der Waals surface area contributed by atoms with Crippen molar-refractivity contribution in [2.75, 3.05) is 0 Å². The van der Waals surface area contributed by atoms with Crippen molar-refractivity contribution in [3.05, 3.63) is 93.1 Å². The molecule has 0 aliphatic carbocycles. The van der Waals surface area contributed by atoms with Gasteiger partial charge in [-0.3, -0.25) is 0 Å². The lowest BCUT2D eigenvalue weighted by Crippen LogP contribution is -2.18. The quantitative estimate of drug-likeness (QED) is 0.174. The van der Waals surface area contributed by atoms with Crippen LogP contribution in [0.3, 0.4) is 0 Å². The van der Waals surface area contributed by atoms with E-state index in [9.17, 15) is 13.2 Å². The van der Waals surface area contributed by atoms with Crippen molar-refractivity contribution in [2.45, 2.75) is 11.8 Å². The molecule has 0 fully saturated rings. The number of ether oxygens (including phenoxy) is 1. The Morgan fingerprint density at radius 2 is 1.66 bits per heavy atom. The Morgan fingerprint density at radius 3 is 2.31 bits per heavy atom. The fourth-order valence-corrected chi connectivity index (χ4v) is 3.75. The number of nitrogens with one attached hydrogen (secondary N) is 1. The number of aryl methyl sites for hydroxylation is 1. The van der Waals surface area contributed by atoms with Crippen LogP contribution in [0.1, 0.15) is 21.5 Å². The zero-order chi connectivity index (χ0) is 20.9. The molecule has 0 heterocycles. The molecule has 8 heteroatoms. The number of sulfonamides is 1. The second kappa shape index (κ2) is 9.19. The third kappa shape index (κ3) is 5.64. The Morgan fingerprint density at radius 1 is 1.00 bits per heavy atom. The molecule has 3 rings (SSSR count). The Balaban J connectivity index is 1.62. The predicted molar refractivity (Wildman–Crippen MR) is 120 cm³/mol. The van der Waals surface area contributed by atoms with Gasteiger partial charge in [-0.25, -0.2) is 9.63 Å². The Bertz CT molecular complexity index is 1140. The molecule has 148 valence electrons. The molecular weight excluding hydrogens is 503 g/mol. The monoisotopic (exact) mass is 520 g/mol. The van der Waals surface area contributed by atoms with E-state index >= 15 is 0 Å². The van der Waals surface area contributed by atoms with Crippen molar-refractivity contribution in [1.29, 1.82) is 0 Å². The van der Waals surface area contributed by atoms with Gasteiger partial charge in [0.2, 0.25) is 0 Å². The molecule has 0 amide bonds. The van der Waals surface area contributed by atoms with Crippen LogP contribution in [0.15, 0.2) is 82.8 Å². The van der Waals surface area contributed by atoms with Gasteiger partial charge in [-0.1, -0.05) is 29.8 Å². The van der Waals surface area contributed by atoms with Crippen LogP contribution >= 0.6 is 22.6 Å². The topological polar surface area (TPSA) is 84.8 Å². The van der Waals surface area contributed by atoms with Crippen LogP contribution in [0, 0.1) is 10.5 Å². The van der Waals surface area contributed by atoms with Crippen LogP contribution in [0.4, 0.5) is 0 Å². The van der Waals surface area contributed by atoms with Crippen LogP contribution in [0.2, 0.25) is 0 Å². The average molecular weight is 520 g/mol. The highest BCUT2D eigenvalue weighted by atomic mass is 127. The number of rotatable bonds is 6. The lowest BCUT2D eigenvalue weighted by atomic mass is 10.2. The molecule has 1 N–H and O–H groups in total. The lowest BCUT2D eigenvalue weighted by Gasteiger charge is -2.06. The van der Waals surface area contributed by atoms with Crippen molar-refractivity contribution in [1.82, 2.24) is 4.83 Å². The van der Waals surface area contributed by atoms with Gasteiger partial charge in [-0.15, -0.1) is 0 Å². The van der Waals surface area contributed by atoms with Gasteiger partial charge in [0, 0.05) is 3.57 Å². The second-order valence-electron chi connectivity index (χ2n) is 6.10. The second-order valence-corrected chi connectivity index (χ2v) is 8.93. The molecule has 0 saturated carbocycles. The number of hydrogen-bond acceptors (Lipinski definition) is 5. The molecule has 0 aromatic heterocycles. The summed E-state index contributed by atoms with van der Waals surface area (Å²) in [6, 6.07) is 20.2. The summed E-state index contributed by atoms with van der Waals surface area (Å²) in [5, 5.41) is 3.79. The van der Waals surface area contributed by atoms with Gasteiger partial charge in [-0.05, 0) is 83.6 Å². The standard InChI is InChI=1S/C21H17IN2O4S/c1-15-6-12-18(13-7-15)29(26,27)24-23-14-16-8-10-17(11-9-16)28-21(25)19-4-2-3-5-20(19)22/h2-14,24H,1H3. The van der Waals surface area contributed by atoms with E-state index < -0.39 is 16.0 Å². The van der Waals surface area contributed by atoms with Crippen molar-refractivity contribution in [2.24, 2.45) is 5.10 Å². The number of nitrogens with zero attached hydrogens (tertiary/aromatic N) is 1. The molecule has 3 aromatic carbocycles. The molecule has 0 bridgehead atoms. The molecule has 0 aliphatic heterocycles. The zero-order valence-corrected chi connectivity index (χ0v) is 18.3. The molecule has 0 atom stereocenters. The summed E-state index contributed by atoms with van der Waals surface area (Å²) in [5.74, 6) is -0.0608. The highest BCUT2D eigenvalue weighted by molar-refractivity contribution is 14.1. The van der Waals surface area contributed by atoms with E-state index in [2.05, 4.69) is 32.5 Å². The Kier molecular flexibility index (Phi) is 6.65. The Labute approximate surface area is 182 Å². The highest BCUT2D eigenvalue weighted by Crippen LogP contribution is 2.17. The number of carbonyl (C=O) groups is 1. The lowest BCUT2D eigenvalue weighted by molar-refractivity contribution is 0.0733. The summed E-state index contributed by atoms with van der Waals surface area (Å²) >= 11 is 2.08. The van der Waals surface area contributed by atoms with Crippen LogP contribution in [-0.2, 0) is 10.0 Å². The fraction of sp³-hybridized carbons (Fsp3) is 0.0476. The zero-order valence-electron chi connectivity index (χ0n) is 15.4. The maximum absolute atomic E-state index is 12.2. The number of esters is 1. The number of hydrogen-bond donors (Lipinski definition) is 1. The number of halogens is 1. The smallest absolute Gasteiger partial charge is 0.344 e. The van der Waals surface area contributed by atoms with Crippen molar-refractivity contribution in [3.63, 3.8) is 0 Å². The summed E-state index contributed by atoms with van der Waals surface area (Å²) < 4.78 is 30.5. The summed E-state index contributed by atoms with van der Waals surface area (Å²) in [4.78, 5) is 14.5. The van der Waals surface area contributed by atoms with Crippen LogP contribution < -0.4 is 9.57 Å². The summed E-state index contributed by atoms with van der Waals surface area (Å²) in [7, 11) is -3.72. The van der Waals surface area contributed by atoms with Gasteiger partial charge in [0.25, 0.3) is 10.0 Å². The van der Waals surface area contributed by atoms with Crippen molar-refractivity contribution < 1.29 is 17.9 Å². The molecule has 0 radical (unpaired) electrons.